The minimum atomic E-state index is -0.385. The van der Waals surface area contributed by atoms with Crippen molar-refractivity contribution in [2.45, 2.75) is 20.3 Å². The predicted octanol–water partition coefficient (Wildman–Crippen LogP) is 4.61. The first-order valence-corrected chi connectivity index (χ1v) is 10.7. The van der Waals surface area contributed by atoms with Crippen LogP contribution in [-0.2, 0) is 9.59 Å². The van der Waals surface area contributed by atoms with E-state index in [0.717, 1.165) is 39.4 Å². The molecule has 0 unspecified atom stereocenters. The number of hydrogen-bond donors (Lipinski definition) is 1. The van der Waals surface area contributed by atoms with E-state index in [2.05, 4.69) is 5.32 Å². The van der Waals surface area contributed by atoms with Gasteiger partial charge in [0, 0.05) is 42.3 Å². The van der Waals surface area contributed by atoms with Gasteiger partial charge in [0.15, 0.2) is 0 Å². The van der Waals surface area contributed by atoms with Crippen molar-refractivity contribution in [3.05, 3.63) is 84.2 Å². The maximum absolute atomic E-state index is 13.0. The van der Waals surface area contributed by atoms with Crippen LogP contribution in [0.25, 0.3) is 16.9 Å². The Bertz CT molecular complexity index is 1330. The Kier molecular flexibility index (Phi) is 4.98. The number of rotatable bonds is 4. The number of para-hydroxylation sites is 1. The van der Waals surface area contributed by atoms with Crippen molar-refractivity contribution in [3.63, 3.8) is 0 Å². The van der Waals surface area contributed by atoms with Gasteiger partial charge in [0.25, 0.3) is 0 Å². The lowest BCUT2D eigenvalue weighted by Crippen LogP contribution is -2.28. The Morgan fingerprint density at radius 3 is 2.69 bits per heavy atom. The van der Waals surface area contributed by atoms with E-state index in [-0.39, 0.29) is 24.2 Å². The Balaban J connectivity index is 1.36. The molecule has 2 aromatic carbocycles. The van der Waals surface area contributed by atoms with E-state index in [9.17, 15) is 9.59 Å². The van der Waals surface area contributed by atoms with Gasteiger partial charge in [-0.3, -0.25) is 9.59 Å². The number of pyridine rings is 1. The van der Waals surface area contributed by atoms with Gasteiger partial charge in [-0.05, 0) is 55.3 Å². The Morgan fingerprint density at radius 1 is 1.06 bits per heavy atom. The zero-order valence-corrected chi connectivity index (χ0v) is 18.1. The first kappa shape index (κ1) is 20.0. The standard InChI is InChI=1S/C26H24N4O2/c1-17-10-11-29-16-23(27-24(29)12-17)19-9-8-18(2)22(13-19)28-26(32)20-14-25(31)30(15-20)21-6-4-3-5-7-21/h3-13,16,20H,14-15H2,1-2H3,(H,28,32)/t20-/m0/s1. The maximum atomic E-state index is 13.0. The molecule has 0 radical (unpaired) electrons. The lowest BCUT2D eigenvalue weighted by atomic mass is 10.1. The topological polar surface area (TPSA) is 66.7 Å². The summed E-state index contributed by atoms with van der Waals surface area (Å²) in [6.45, 7) is 4.39. The fraction of sp³-hybridized carbons (Fsp3) is 0.192. The quantitative estimate of drug-likeness (QED) is 0.520. The molecule has 6 nitrogen and oxygen atoms in total. The van der Waals surface area contributed by atoms with Crippen molar-refractivity contribution in [1.82, 2.24) is 9.38 Å². The summed E-state index contributed by atoms with van der Waals surface area (Å²) in [4.78, 5) is 31.9. The van der Waals surface area contributed by atoms with Crippen LogP contribution in [0, 0.1) is 19.8 Å². The molecule has 4 aromatic rings. The number of aromatic nitrogens is 2. The zero-order chi connectivity index (χ0) is 22.2. The Morgan fingerprint density at radius 2 is 1.88 bits per heavy atom. The van der Waals surface area contributed by atoms with Crippen molar-refractivity contribution < 1.29 is 9.59 Å². The minimum Gasteiger partial charge on any atom is -0.326 e. The third kappa shape index (κ3) is 3.75. The molecule has 0 saturated carbocycles. The summed E-state index contributed by atoms with van der Waals surface area (Å²) < 4.78 is 1.99. The van der Waals surface area contributed by atoms with Gasteiger partial charge in [0.05, 0.1) is 11.6 Å². The largest absolute Gasteiger partial charge is 0.326 e. The summed E-state index contributed by atoms with van der Waals surface area (Å²) in [6.07, 6.45) is 4.19. The van der Waals surface area contributed by atoms with Gasteiger partial charge in [-0.25, -0.2) is 4.98 Å². The van der Waals surface area contributed by atoms with E-state index in [4.69, 9.17) is 4.98 Å². The predicted molar refractivity (Wildman–Crippen MR) is 126 cm³/mol. The van der Waals surface area contributed by atoms with E-state index < -0.39 is 0 Å². The van der Waals surface area contributed by atoms with Crippen LogP contribution in [0.15, 0.2) is 73.1 Å². The van der Waals surface area contributed by atoms with Gasteiger partial charge in [-0.15, -0.1) is 0 Å². The number of hydrogen-bond acceptors (Lipinski definition) is 3. The molecule has 0 bridgehead atoms. The molecule has 0 aliphatic carbocycles. The highest BCUT2D eigenvalue weighted by molar-refractivity contribution is 6.03. The smallest absolute Gasteiger partial charge is 0.229 e. The third-order valence-corrected chi connectivity index (χ3v) is 5.97. The summed E-state index contributed by atoms with van der Waals surface area (Å²) in [7, 11) is 0. The van der Waals surface area contributed by atoms with Crippen molar-refractivity contribution >= 4 is 28.8 Å². The molecule has 1 aliphatic rings. The van der Waals surface area contributed by atoms with E-state index in [1.54, 1.807) is 4.90 Å². The highest BCUT2D eigenvalue weighted by atomic mass is 16.2. The number of amides is 2. The molecule has 1 saturated heterocycles. The molecular formula is C26H24N4O2. The molecule has 1 aliphatic heterocycles. The molecule has 160 valence electrons. The average Bonchev–Trinajstić information content (AvgIpc) is 3.39. The second-order valence-corrected chi connectivity index (χ2v) is 8.36. The van der Waals surface area contributed by atoms with Gasteiger partial charge < -0.3 is 14.6 Å². The van der Waals surface area contributed by atoms with Crippen LogP contribution in [0.5, 0.6) is 0 Å². The second kappa shape index (κ2) is 7.96. The van der Waals surface area contributed by atoms with Gasteiger partial charge in [-0.2, -0.15) is 0 Å². The summed E-state index contributed by atoms with van der Waals surface area (Å²) in [6, 6.07) is 19.5. The first-order valence-electron chi connectivity index (χ1n) is 10.7. The minimum absolute atomic E-state index is 0.0261. The zero-order valence-electron chi connectivity index (χ0n) is 18.1. The molecule has 5 rings (SSSR count). The summed E-state index contributed by atoms with van der Waals surface area (Å²) in [5.74, 6) is -0.548. The number of benzene rings is 2. The van der Waals surface area contributed by atoms with Crippen molar-refractivity contribution in [2.75, 3.05) is 16.8 Å². The van der Waals surface area contributed by atoms with E-state index in [1.807, 2.05) is 91.3 Å². The number of nitrogens with one attached hydrogen (secondary N) is 1. The highest BCUT2D eigenvalue weighted by Crippen LogP contribution is 2.29. The molecule has 1 N–H and O–H groups in total. The summed E-state index contributed by atoms with van der Waals surface area (Å²) in [5.41, 5.74) is 6.35. The number of nitrogens with zero attached hydrogens (tertiary/aromatic N) is 3. The van der Waals surface area contributed by atoms with Crippen LogP contribution in [0.3, 0.4) is 0 Å². The van der Waals surface area contributed by atoms with Crippen LogP contribution in [0.4, 0.5) is 11.4 Å². The SMILES string of the molecule is Cc1ccn2cc(-c3ccc(C)c(NC(=O)[C@H]4CC(=O)N(c5ccccc5)C4)c3)nc2c1. The number of carbonyl (C=O) groups is 2. The molecule has 2 amide bonds. The number of imidazole rings is 1. The average molecular weight is 425 g/mol. The molecule has 0 spiro atoms. The first-order chi connectivity index (χ1) is 15.5. The molecule has 6 heteroatoms. The van der Waals surface area contributed by atoms with Crippen LogP contribution in [-0.4, -0.2) is 27.7 Å². The fourth-order valence-electron chi connectivity index (χ4n) is 4.11. The monoisotopic (exact) mass is 424 g/mol. The van der Waals surface area contributed by atoms with E-state index in [0.29, 0.717) is 6.54 Å². The normalized spacial score (nSPS) is 16.0. The Labute approximate surface area is 186 Å². The maximum Gasteiger partial charge on any atom is 0.229 e. The number of carbonyl (C=O) groups excluding carboxylic acids is 2. The Hall–Kier alpha value is -3.93. The van der Waals surface area contributed by atoms with Gasteiger partial charge in [-0.1, -0.05) is 30.3 Å². The molecule has 1 fully saturated rings. The van der Waals surface area contributed by atoms with E-state index in [1.165, 1.54) is 0 Å². The molecule has 2 aromatic heterocycles. The number of fused-ring (bicyclic) bond motifs is 1. The van der Waals surface area contributed by atoms with Gasteiger partial charge in [0.2, 0.25) is 11.8 Å². The molecule has 1 atom stereocenters. The third-order valence-electron chi connectivity index (χ3n) is 5.97. The summed E-state index contributed by atoms with van der Waals surface area (Å²) in [5, 5.41) is 3.05. The van der Waals surface area contributed by atoms with Crippen molar-refractivity contribution in [1.29, 1.82) is 0 Å². The van der Waals surface area contributed by atoms with Crippen LogP contribution < -0.4 is 10.2 Å². The molecule has 32 heavy (non-hydrogen) atoms. The van der Waals surface area contributed by atoms with Crippen molar-refractivity contribution in [3.8, 4) is 11.3 Å². The van der Waals surface area contributed by atoms with Crippen molar-refractivity contribution in [2.24, 2.45) is 5.92 Å². The molecular weight excluding hydrogens is 400 g/mol. The fourth-order valence-corrected chi connectivity index (χ4v) is 4.11. The van der Waals surface area contributed by atoms with Gasteiger partial charge in [0.1, 0.15) is 5.65 Å². The van der Waals surface area contributed by atoms with E-state index >= 15 is 0 Å². The van der Waals surface area contributed by atoms with Gasteiger partial charge >= 0.3 is 0 Å². The lowest BCUT2D eigenvalue weighted by molar-refractivity contribution is -0.122. The number of aryl methyl sites for hydroxylation is 2. The van der Waals surface area contributed by atoms with Crippen LogP contribution >= 0.6 is 0 Å². The lowest BCUT2D eigenvalue weighted by Gasteiger charge is -2.17. The highest BCUT2D eigenvalue weighted by Gasteiger charge is 2.35. The summed E-state index contributed by atoms with van der Waals surface area (Å²) >= 11 is 0. The molecule has 3 heterocycles. The second-order valence-electron chi connectivity index (χ2n) is 8.36. The number of anilines is 2. The van der Waals surface area contributed by atoms with Crippen LogP contribution in [0.1, 0.15) is 17.5 Å². The van der Waals surface area contributed by atoms with Crippen LogP contribution in [0.2, 0.25) is 0 Å².